The lowest BCUT2D eigenvalue weighted by atomic mass is 10.1. The number of ketones is 1. The van der Waals surface area contributed by atoms with Crippen molar-refractivity contribution in [3.05, 3.63) is 12.2 Å². The van der Waals surface area contributed by atoms with Gasteiger partial charge in [0.05, 0.1) is 11.7 Å². The molecule has 0 spiro atoms. The van der Waals surface area contributed by atoms with Crippen LogP contribution in [0.3, 0.4) is 0 Å². The first-order valence-electron chi connectivity index (χ1n) is 6.68. The number of carbonyl (C=O) groups is 1. The summed E-state index contributed by atoms with van der Waals surface area (Å²) in [6.45, 7) is 5.12. The summed E-state index contributed by atoms with van der Waals surface area (Å²) in [7, 11) is 0. The molecular weight excluding hydrogens is 246 g/mol. The summed E-state index contributed by atoms with van der Waals surface area (Å²) < 4.78 is 1.87. The van der Waals surface area contributed by atoms with Crippen LogP contribution in [0.4, 0.5) is 0 Å². The van der Waals surface area contributed by atoms with Crippen molar-refractivity contribution in [2.45, 2.75) is 51.3 Å². The van der Waals surface area contributed by atoms with Gasteiger partial charge in [-0.1, -0.05) is 20.3 Å². The third kappa shape index (κ3) is 3.57. The van der Waals surface area contributed by atoms with E-state index >= 15 is 0 Å². The second-order valence-electron chi connectivity index (χ2n) is 5.25. The molecule has 0 aromatic carbocycles. The SMILES string of the molecule is CC(C)Cn1ncnc1CC(=O)C1CCCCS1. The van der Waals surface area contributed by atoms with Gasteiger partial charge in [-0.3, -0.25) is 4.79 Å². The third-order valence-electron chi connectivity index (χ3n) is 3.10. The normalized spacial score (nSPS) is 20.3. The third-order valence-corrected chi connectivity index (χ3v) is 4.53. The highest BCUT2D eigenvalue weighted by Gasteiger charge is 2.23. The molecule has 1 aromatic heterocycles. The lowest BCUT2D eigenvalue weighted by Gasteiger charge is -2.19. The molecule has 2 heterocycles. The minimum absolute atomic E-state index is 0.183. The predicted molar refractivity (Wildman–Crippen MR) is 73.7 cm³/mol. The van der Waals surface area contributed by atoms with Gasteiger partial charge in [0.1, 0.15) is 12.2 Å². The summed E-state index contributed by atoms with van der Waals surface area (Å²) in [4.78, 5) is 16.4. The monoisotopic (exact) mass is 267 g/mol. The highest BCUT2D eigenvalue weighted by Crippen LogP contribution is 2.26. The molecule has 18 heavy (non-hydrogen) atoms. The number of hydrogen-bond acceptors (Lipinski definition) is 4. The van der Waals surface area contributed by atoms with E-state index in [4.69, 9.17) is 0 Å². The van der Waals surface area contributed by atoms with Crippen LogP contribution >= 0.6 is 11.8 Å². The van der Waals surface area contributed by atoms with Gasteiger partial charge in [-0.2, -0.15) is 16.9 Å². The molecule has 4 nitrogen and oxygen atoms in total. The zero-order chi connectivity index (χ0) is 13.0. The lowest BCUT2D eigenvalue weighted by Crippen LogP contribution is -2.24. The van der Waals surface area contributed by atoms with Crippen LogP contribution in [0.25, 0.3) is 0 Å². The molecule has 2 rings (SSSR count). The van der Waals surface area contributed by atoms with Crippen LogP contribution in [0.2, 0.25) is 0 Å². The Balaban J connectivity index is 1.95. The summed E-state index contributed by atoms with van der Waals surface area (Å²) in [6.07, 6.45) is 5.45. The van der Waals surface area contributed by atoms with E-state index in [0.29, 0.717) is 18.1 Å². The van der Waals surface area contributed by atoms with E-state index in [2.05, 4.69) is 23.9 Å². The maximum Gasteiger partial charge on any atom is 0.153 e. The van der Waals surface area contributed by atoms with Crippen molar-refractivity contribution in [2.24, 2.45) is 5.92 Å². The van der Waals surface area contributed by atoms with Crippen molar-refractivity contribution in [1.82, 2.24) is 14.8 Å². The summed E-state index contributed by atoms with van der Waals surface area (Å²) >= 11 is 1.81. The van der Waals surface area contributed by atoms with Gasteiger partial charge in [0.15, 0.2) is 5.78 Å². The first-order chi connectivity index (χ1) is 8.66. The zero-order valence-corrected chi connectivity index (χ0v) is 11.9. The first-order valence-corrected chi connectivity index (χ1v) is 7.72. The molecule has 0 N–H and O–H groups in total. The molecule has 1 saturated heterocycles. The molecule has 1 fully saturated rings. The Bertz CT molecular complexity index is 397. The van der Waals surface area contributed by atoms with Crippen molar-refractivity contribution in [2.75, 3.05) is 5.75 Å². The van der Waals surface area contributed by atoms with Crippen LogP contribution in [0, 0.1) is 5.92 Å². The van der Waals surface area contributed by atoms with Crippen molar-refractivity contribution in [3.63, 3.8) is 0 Å². The van der Waals surface area contributed by atoms with Crippen molar-refractivity contribution in [1.29, 1.82) is 0 Å². The van der Waals surface area contributed by atoms with Crippen LogP contribution in [0.1, 0.15) is 38.9 Å². The molecule has 1 aliphatic heterocycles. The molecule has 0 amide bonds. The van der Waals surface area contributed by atoms with E-state index in [1.807, 2.05) is 4.68 Å². The minimum atomic E-state index is 0.183. The van der Waals surface area contributed by atoms with Gasteiger partial charge in [0.2, 0.25) is 0 Å². The van der Waals surface area contributed by atoms with Crippen molar-refractivity contribution >= 4 is 17.5 Å². The average molecular weight is 267 g/mol. The second-order valence-corrected chi connectivity index (χ2v) is 6.56. The Labute approximate surface area is 113 Å². The van der Waals surface area contributed by atoms with E-state index < -0.39 is 0 Å². The Morgan fingerprint density at radius 2 is 2.39 bits per heavy atom. The topological polar surface area (TPSA) is 47.8 Å². The number of Topliss-reactive ketones (excluding diaryl/α,β-unsaturated/α-hetero) is 1. The number of rotatable bonds is 5. The Morgan fingerprint density at radius 3 is 3.06 bits per heavy atom. The molecule has 0 radical (unpaired) electrons. The van der Waals surface area contributed by atoms with Crippen LogP contribution in [-0.2, 0) is 17.8 Å². The van der Waals surface area contributed by atoms with E-state index in [9.17, 15) is 4.79 Å². The first kappa shape index (κ1) is 13.6. The predicted octanol–water partition coefficient (Wildman–Crippen LogP) is 2.33. The molecule has 0 bridgehead atoms. The van der Waals surface area contributed by atoms with Gasteiger partial charge in [0, 0.05) is 6.54 Å². The largest absolute Gasteiger partial charge is 0.298 e. The fourth-order valence-corrected chi connectivity index (χ4v) is 3.45. The Hall–Kier alpha value is -0.840. The summed E-state index contributed by atoms with van der Waals surface area (Å²) in [5.41, 5.74) is 0. The van der Waals surface area contributed by atoms with Gasteiger partial charge in [-0.15, -0.1) is 0 Å². The highest BCUT2D eigenvalue weighted by atomic mass is 32.2. The number of thioether (sulfide) groups is 1. The quantitative estimate of drug-likeness (QED) is 0.821. The van der Waals surface area contributed by atoms with Crippen LogP contribution in [0.15, 0.2) is 6.33 Å². The lowest BCUT2D eigenvalue weighted by molar-refractivity contribution is -0.118. The molecule has 1 unspecified atom stereocenters. The molecule has 0 aliphatic carbocycles. The van der Waals surface area contributed by atoms with Gasteiger partial charge in [0.25, 0.3) is 0 Å². The van der Waals surface area contributed by atoms with Gasteiger partial charge in [-0.05, 0) is 24.5 Å². The number of carbonyl (C=O) groups excluding carboxylic acids is 1. The standard InChI is InChI=1S/C13H21N3OS/c1-10(2)8-16-13(14-9-15-16)7-11(17)12-5-3-4-6-18-12/h9-10,12H,3-8H2,1-2H3. The van der Waals surface area contributed by atoms with Crippen LogP contribution in [0.5, 0.6) is 0 Å². The molecule has 1 aromatic rings. The van der Waals surface area contributed by atoms with Crippen molar-refractivity contribution in [3.8, 4) is 0 Å². The van der Waals surface area contributed by atoms with E-state index in [1.165, 1.54) is 12.8 Å². The maximum atomic E-state index is 12.2. The number of nitrogens with zero attached hydrogens (tertiary/aromatic N) is 3. The molecule has 0 saturated carbocycles. The van der Waals surface area contributed by atoms with Gasteiger partial charge in [-0.25, -0.2) is 9.67 Å². The fourth-order valence-electron chi connectivity index (χ4n) is 2.19. The van der Waals surface area contributed by atoms with E-state index in [-0.39, 0.29) is 5.25 Å². The van der Waals surface area contributed by atoms with E-state index in [0.717, 1.165) is 24.5 Å². The molecule has 1 aliphatic rings. The fraction of sp³-hybridized carbons (Fsp3) is 0.769. The molecular formula is C13H21N3OS. The highest BCUT2D eigenvalue weighted by molar-refractivity contribution is 8.00. The number of hydrogen-bond donors (Lipinski definition) is 0. The molecule has 100 valence electrons. The molecule has 1 atom stereocenters. The number of aromatic nitrogens is 3. The Kier molecular flexibility index (Phi) is 4.80. The average Bonchev–Trinajstić information content (AvgIpc) is 2.77. The smallest absolute Gasteiger partial charge is 0.153 e. The Morgan fingerprint density at radius 1 is 1.56 bits per heavy atom. The van der Waals surface area contributed by atoms with Gasteiger partial charge >= 0.3 is 0 Å². The summed E-state index contributed by atoms with van der Waals surface area (Å²) in [5.74, 6) is 2.77. The summed E-state index contributed by atoms with van der Waals surface area (Å²) in [5, 5.41) is 4.38. The van der Waals surface area contributed by atoms with Crippen molar-refractivity contribution < 1.29 is 4.79 Å². The van der Waals surface area contributed by atoms with Gasteiger partial charge < -0.3 is 0 Å². The minimum Gasteiger partial charge on any atom is -0.298 e. The molecule has 5 heteroatoms. The van der Waals surface area contributed by atoms with Crippen LogP contribution in [-0.4, -0.2) is 31.6 Å². The van der Waals surface area contributed by atoms with Crippen LogP contribution < -0.4 is 0 Å². The van der Waals surface area contributed by atoms with E-state index in [1.54, 1.807) is 18.1 Å². The zero-order valence-electron chi connectivity index (χ0n) is 11.1. The second kappa shape index (κ2) is 6.36. The summed E-state index contributed by atoms with van der Waals surface area (Å²) in [6, 6.07) is 0. The maximum absolute atomic E-state index is 12.2.